The van der Waals surface area contributed by atoms with E-state index in [9.17, 15) is 19.1 Å². The number of halogens is 1. The first-order chi connectivity index (χ1) is 20.1. The molecule has 1 amide bonds. The molecule has 6 rings (SSSR count). The summed E-state index contributed by atoms with van der Waals surface area (Å²) in [6, 6.07) is 7.56. The van der Waals surface area contributed by atoms with Gasteiger partial charge in [0, 0.05) is 31.9 Å². The number of benzene rings is 1. The van der Waals surface area contributed by atoms with Crippen LogP contribution in [0.1, 0.15) is 38.6 Å². The Kier molecular flexibility index (Phi) is 8.03. The second-order valence-corrected chi connectivity index (χ2v) is 10.5. The van der Waals surface area contributed by atoms with Crippen LogP contribution in [-0.4, -0.2) is 59.9 Å². The highest BCUT2D eigenvalue weighted by Crippen LogP contribution is 2.43. The zero-order chi connectivity index (χ0) is 30.1. The molecule has 42 heavy (non-hydrogen) atoms. The molecule has 1 unspecified atom stereocenters. The van der Waals surface area contributed by atoms with Gasteiger partial charge in [-0.3, -0.25) is 13.8 Å². The molecule has 0 bridgehead atoms. The number of carbonyl (C=O) groups excluding carboxylic acids is 1. The maximum atomic E-state index is 15.0. The Labute approximate surface area is 240 Å². The smallest absolute Gasteiger partial charge is 0.404 e. The zero-order valence-corrected chi connectivity index (χ0v) is 23.9. The number of aliphatic hydroxyl groups is 1. The van der Waals surface area contributed by atoms with Crippen LogP contribution in [0.5, 0.6) is 5.75 Å². The van der Waals surface area contributed by atoms with Gasteiger partial charge in [0.2, 0.25) is 5.95 Å². The molecule has 0 radical (unpaired) electrons. The number of ether oxygens (including phenoxy) is 2. The van der Waals surface area contributed by atoms with Crippen molar-refractivity contribution in [2.24, 2.45) is 19.8 Å². The third-order valence-corrected chi connectivity index (χ3v) is 7.45. The summed E-state index contributed by atoms with van der Waals surface area (Å²) in [5.74, 6) is 0.0223. The van der Waals surface area contributed by atoms with E-state index in [1.165, 1.54) is 11.8 Å². The lowest BCUT2D eigenvalue weighted by Crippen LogP contribution is -2.24. The van der Waals surface area contributed by atoms with E-state index in [4.69, 9.17) is 4.74 Å². The minimum atomic E-state index is -0.745. The fourth-order valence-corrected chi connectivity index (χ4v) is 5.53. The van der Waals surface area contributed by atoms with Crippen molar-refractivity contribution in [2.75, 3.05) is 13.7 Å². The number of amides is 1. The van der Waals surface area contributed by atoms with Crippen LogP contribution >= 0.6 is 0 Å². The van der Waals surface area contributed by atoms with Gasteiger partial charge in [0.15, 0.2) is 0 Å². The summed E-state index contributed by atoms with van der Waals surface area (Å²) < 4.78 is 29.5. The summed E-state index contributed by atoms with van der Waals surface area (Å²) in [5, 5.41) is 14.2. The lowest BCUT2D eigenvalue weighted by molar-refractivity contribution is 0.123. The number of methoxy groups -OCH3 is 1. The standard InChI is InChI=1S/C27H29FN6O3.C2H5NO2/c1-15(35)14-37-18-10-8-16(9-11-18)21-22-24-20(33(3)27(36)34(24)17-6-4-5-7-17)12-29-26(22)30-23(21)19-13-32(2)31-25(19)28;1-5-2(3)4/h8-13,15,17,35H,4-7,14H2,1-3H3,(H,29,30);1H3,(H2,3,4). The van der Waals surface area contributed by atoms with Gasteiger partial charge in [-0.1, -0.05) is 25.0 Å². The van der Waals surface area contributed by atoms with Gasteiger partial charge in [0.1, 0.15) is 18.0 Å². The maximum Gasteiger partial charge on any atom is 0.404 e. The minimum absolute atomic E-state index is 0.0701. The first kappa shape index (κ1) is 28.9. The second-order valence-electron chi connectivity index (χ2n) is 10.5. The molecule has 12 nitrogen and oxygen atoms in total. The normalized spacial score (nSPS) is 14.2. The van der Waals surface area contributed by atoms with Crippen LogP contribution in [0.15, 0.2) is 41.5 Å². The number of fused-ring (bicyclic) bond motifs is 3. The van der Waals surface area contributed by atoms with Crippen molar-refractivity contribution >= 4 is 28.2 Å². The van der Waals surface area contributed by atoms with Crippen LogP contribution in [0.25, 0.3) is 44.5 Å². The molecule has 1 atom stereocenters. The number of aromatic amines is 1. The van der Waals surface area contributed by atoms with Gasteiger partial charge in [-0.15, -0.1) is 5.10 Å². The third kappa shape index (κ3) is 5.34. The Bertz CT molecular complexity index is 1790. The van der Waals surface area contributed by atoms with Crippen LogP contribution in [0.4, 0.5) is 9.18 Å². The first-order valence-corrected chi connectivity index (χ1v) is 13.7. The topological polar surface area (TPSA) is 155 Å². The molecule has 4 N–H and O–H groups in total. The second kappa shape index (κ2) is 11.7. The van der Waals surface area contributed by atoms with Crippen LogP contribution < -0.4 is 16.2 Å². The van der Waals surface area contributed by atoms with Crippen molar-refractivity contribution in [2.45, 2.75) is 44.8 Å². The summed E-state index contributed by atoms with van der Waals surface area (Å²) in [7, 11) is 4.67. The number of rotatable bonds is 6. The van der Waals surface area contributed by atoms with Gasteiger partial charge >= 0.3 is 11.8 Å². The van der Waals surface area contributed by atoms with Crippen LogP contribution in [0.3, 0.4) is 0 Å². The molecule has 1 saturated carbocycles. The number of hydrogen-bond donors (Lipinski definition) is 3. The molecule has 1 fully saturated rings. The number of aryl methyl sites for hydroxylation is 2. The van der Waals surface area contributed by atoms with Gasteiger partial charge < -0.3 is 25.3 Å². The zero-order valence-electron chi connectivity index (χ0n) is 23.9. The van der Waals surface area contributed by atoms with E-state index < -0.39 is 18.1 Å². The number of nitrogens with two attached hydrogens (primary N) is 1. The summed E-state index contributed by atoms with van der Waals surface area (Å²) in [6.07, 6.45) is 6.08. The predicted molar refractivity (Wildman–Crippen MR) is 156 cm³/mol. The van der Waals surface area contributed by atoms with Crippen LogP contribution in [0.2, 0.25) is 0 Å². The highest BCUT2D eigenvalue weighted by atomic mass is 19.1. The van der Waals surface area contributed by atoms with Crippen molar-refractivity contribution in [1.29, 1.82) is 0 Å². The number of aliphatic hydroxyl groups excluding tert-OH is 1. The number of nitrogens with zero attached hydrogens (tertiary/aromatic N) is 5. The average molecular weight is 580 g/mol. The number of H-pyrrole nitrogens is 1. The van der Waals surface area contributed by atoms with Gasteiger partial charge in [0.05, 0.1) is 47.1 Å². The summed E-state index contributed by atoms with van der Waals surface area (Å²) in [5.41, 5.74) is 8.92. The van der Waals surface area contributed by atoms with Crippen molar-refractivity contribution < 1.29 is 23.8 Å². The Morgan fingerprint density at radius 2 is 1.90 bits per heavy atom. The molecule has 0 aliphatic heterocycles. The quantitative estimate of drug-likeness (QED) is 0.275. The van der Waals surface area contributed by atoms with Gasteiger partial charge in [0.25, 0.3) is 0 Å². The average Bonchev–Trinajstić information content (AvgIpc) is 3.74. The number of pyridine rings is 1. The minimum Gasteiger partial charge on any atom is -0.491 e. The molecule has 5 aromatic rings. The SMILES string of the molecule is CC(O)COc1ccc(-c2c(-c3cn(C)nc3F)[nH]c3ncc4c(c23)n(C2CCCC2)c(=O)n4C)cc1.COC(N)=O. The molecular weight excluding hydrogens is 545 g/mol. The van der Waals surface area contributed by atoms with E-state index in [1.54, 1.807) is 38.0 Å². The highest BCUT2D eigenvalue weighted by Gasteiger charge is 2.28. The number of imidazole rings is 1. The van der Waals surface area contributed by atoms with Crippen LogP contribution in [0, 0.1) is 5.95 Å². The van der Waals surface area contributed by atoms with Gasteiger partial charge in [-0.2, -0.15) is 4.39 Å². The maximum absolute atomic E-state index is 15.0. The molecule has 0 spiro atoms. The third-order valence-electron chi connectivity index (χ3n) is 7.45. The molecule has 1 aromatic carbocycles. The molecule has 0 saturated heterocycles. The highest BCUT2D eigenvalue weighted by molar-refractivity contribution is 6.14. The number of hydrogen-bond acceptors (Lipinski definition) is 7. The molecule has 1 aliphatic rings. The predicted octanol–water partition coefficient (Wildman–Crippen LogP) is 4.01. The van der Waals surface area contributed by atoms with Gasteiger partial charge in [-0.05, 0) is 37.5 Å². The fourth-order valence-electron chi connectivity index (χ4n) is 5.53. The summed E-state index contributed by atoms with van der Waals surface area (Å²) >= 11 is 0. The number of carbonyl (C=O) groups is 1. The van der Waals surface area contributed by atoms with Crippen LogP contribution in [-0.2, 0) is 18.8 Å². The fraction of sp³-hybridized carbons (Fsp3) is 0.379. The Morgan fingerprint density at radius 1 is 1.24 bits per heavy atom. The van der Waals surface area contributed by atoms with E-state index in [-0.39, 0.29) is 18.3 Å². The Morgan fingerprint density at radius 3 is 2.48 bits per heavy atom. The molecule has 4 heterocycles. The molecule has 13 heteroatoms. The largest absolute Gasteiger partial charge is 0.491 e. The van der Waals surface area contributed by atoms with E-state index in [0.717, 1.165) is 53.2 Å². The summed E-state index contributed by atoms with van der Waals surface area (Å²) in [6.45, 7) is 1.85. The summed E-state index contributed by atoms with van der Waals surface area (Å²) in [4.78, 5) is 30.8. The van der Waals surface area contributed by atoms with Crippen molar-refractivity contribution in [3.05, 3.63) is 53.1 Å². The van der Waals surface area contributed by atoms with E-state index >= 15 is 0 Å². The first-order valence-electron chi connectivity index (χ1n) is 13.7. The van der Waals surface area contributed by atoms with Gasteiger partial charge in [-0.25, -0.2) is 14.6 Å². The van der Waals surface area contributed by atoms with Crippen molar-refractivity contribution in [1.82, 2.24) is 28.9 Å². The van der Waals surface area contributed by atoms with E-state index in [0.29, 0.717) is 22.7 Å². The molecular formula is C29H34FN7O5. The molecule has 4 aromatic heterocycles. The number of aromatic nitrogens is 6. The van der Waals surface area contributed by atoms with E-state index in [2.05, 4.69) is 25.5 Å². The molecule has 222 valence electrons. The lowest BCUT2D eigenvalue weighted by atomic mass is 9.99. The number of primary amides is 1. The Balaban J connectivity index is 0.000000652. The van der Waals surface area contributed by atoms with Crippen molar-refractivity contribution in [3.63, 3.8) is 0 Å². The monoisotopic (exact) mass is 579 g/mol. The number of nitrogens with one attached hydrogen (secondary N) is 1. The van der Waals surface area contributed by atoms with Crippen molar-refractivity contribution in [3.8, 4) is 28.1 Å². The van der Waals surface area contributed by atoms with E-state index in [1.807, 2.05) is 28.8 Å². The molecule has 1 aliphatic carbocycles. The Hall–Kier alpha value is -4.65. The lowest BCUT2D eigenvalue weighted by Gasteiger charge is -2.13.